The molecule has 0 bridgehead atoms. The molecule has 5 atom stereocenters. The number of aliphatic hydroxyl groups excluding tert-OH is 4. The molecule has 0 aromatic heterocycles. The Morgan fingerprint density at radius 1 is 1.04 bits per heavy atom. The van der Waals surface area contributed by atoms with Crippen LogP contribution in [0.2, 0.25) is 0 Å². The Kier molecular flexibility index (Phi) is 6.04. The van der Waals surface area contributed by atoms with Crippen LogP contribution in [0.3, 0.4) is 0 Å². The predicted molar refractivity (Wildman–Crippen MR) is 101 cm³/mol. The molecule has 0 saturated carbocycles. The van der Waals surface area contributed by atoms with Crippen LogP contribution in [-0.2, 0) is 21.7 Å². The van der Waals surface area contributed by atoms with Crippen LogP contribution in [0.4, 0.5) is 0 Å². The molecule has 1 fully saturated rings. The number of phenols is 1. The van der Waals surface area contributed by atoms with Crippen molar-refractivity contribution < 1.29 is 35.0 Å². The molecular formula is C21H26O7. The van der Waals surface area contributed by atoms with Gasteiger partial charge >= 0.3 is 0 Å². The molecule has 28 heavy (non-hydrogen) atoms. The fraction of sp³-hybridized carbons (Fsp3) is 0.429. The van der Waals surface area contributed by atoms with Gasteiger partial charge < -0.3 is 35.0 Å². The van der Waals surface area contributed by atoms with E-state index < -0.39 is 36.8 Å². The largest absolute Gasteiger partial charge is 0.508 e. The summed E-state index contributed by atoms with van der Waals surface area (Å²) < 4.78 is 11.3. The lowest BCUT2D eigenvalue weighted by Gasteiger charge is -2.47. The molecule has 0 radical (unpaired) electrons. The van der Waals surface area contributed by atoms with Crippen molar-refractivity contribution in [1.82, 2.24) is 0 Å². The van der Waals surface area contributed by atoms with Crippen molar-refractivity contribution in [3.05, 3.63) is 64.7 Å². The first-order chi connectivity index (χ1) is 13.3. The molecule has 2 aromatic rings. The topological polar surface area (TPSA) is 120 Å². The van der Waals surface area contributed by atoms with Gasteiger partial charge in [0.15, 0.2) is 0 Å². The number of benzene rings is 2. The number of ether oxygens (including phenoxy) is 2. The van der Waals surface area contributed by atoms with E-state index in [0.29, 0.717) is 12.0 Å². The second-order valence-electron chi connectivity index (χ2n) is 7.12. The third-order valence-electron chi connectivity index (χ3n) is 5.34. The quantitative estimate of drug-likeness (QED) is 0.506. The highest BCUT2D eigenvalue weighted by Crippen LogP contribution is 2.40. The maximum absolute atomic E-state index is 10.6. The first-order valence-electron chi connectivity index (χ1n) is 9.08. The van der Waals surface area contributed by atoms with Crippen LogP contribution < -0.4 is 0 Å². The second kappa shape index (κ2) is 8.16. The van der Waals surface area contributed by atoms with Gasteiger partial charge in [-0.15, -0.1) is 0 Å². The van der Waals surface area contributed by atoms with E-state index in [9.17, 15) is 25.5 Å². The molecule has 1 aliphatic rings. The van der Waals surface area contributed by atoms with Crippen LogP contribution >= 0.6 is 0 Å². The van der Waals surface area contributed by atoms with Crippen LogP contribution in [-0.4, -0.2) is 63.7 Å². The Morgan fingerprint density at radius 3 is 2.32 bits per heavy atom. The molecule has 0 spiro atoms. The molecule has 7 nitrogen and oxygen atoms in total. The fourth-order valence-electron chi connectivity index (χ4n) is 3.58. The summed E-state index contributed by atoms with van der Waals surface area (Å²) >= 11 is 0. The summed E-state index contributed by atoms with van der Waals surface area (Å²) in [6, 6.07) is 12.3. The highest BCUT2D eigenvalue weighted by molar-refractivity contribution is 5.39. The Morgan fingerprint density at radius 2 is 1.71 bits per heavy atom. The Hall–Kier alpha value is -2.00. The van der Waals surface area contributed by atoms with Crippen LogP contribution in [0.1, 0.15) is 22.3 Å². The number of hydrogen-bond donors (Lipinski definition) is 5. The van der Waals surface area contributed by atoms with Gasteiger partial charge in [-0.3, -0.25) is 0 Å². The molecule has 152 valence electrons. The Balaban J connectivity index is 2.00. The summed E-state index contributed by atoms with van der Waals surface area (Å²) in [4.78, 5) is 0. The maximum atomic E-state index is 10.6. The van der Waals surface area contributed by atoms with Gasteiger partial charge in [-0.2, -0.15) is 0 Å². The van der Waals surface area contributed by atoms with E-state index in [4.69, 9.17) is 9.47 Å². The van der Waals surface area contributed by atoms with E-state index >= 15 is 0 Å². The van der Waals surface area contributed by atoms with E-state index in [2.05, 4.69) is 0 Å². The van der Waals surface area contributed by atoms with E-state index in [0.717, 1.165) is 16.7 Å². The van der Waals surface area contributed by atoms with Crippen molar-refractivity contribution in [1.29, 1.82) is 0 Å². The average Bonchev–Trinajstić information content (AvgIpc) is 2.70. The number of hydrogen-bond acceptors (Lipinski definition) is 7. The van der Waals surface area contributed by atoms with E-state index in [1.54, 1.807) is 18.2 Å². The zero-order chi connectivity index (χ0) is 20.5. The minimum Gasteiger partial charge on any atom is -0.508 e. The summed E-state index contributed by atoms with van der Waals surface area (Å²) in [5.41, 5.74) is 3.40. The van der Waals surface area contributed by atoms with Gasteiger partial charge in [0, 0.05) is 12.7 Å². The van der Waals surface area contributed by atoms with Gasteiger partial charge in [0.2, 0.25) is 5.79 Å². The second-order valence-corrected chi connectivity index (χ2v) is 7.12. The number of phenolic OH excluding ortho intramolecular Hbond substituents is 1. The van der Waals surface area contributed by atoms with Crippen molar-refractivity contribution in [3.8, 4) is 5.75 Å². The zero-order valence-corrected chi connectivity index (χ0v) is 15.8. The van der Waals surface area contributed by atoms with Crippen molar-refractivity contribution >= 4 is 0 Å². The third-order valence-corrected chi connectivity index (χ3v) is 5.34. The molecule has 5 N–H and O–H groups in total. The minimum atomic E-state index is -1.73. The highest BCUT2D eigenvalue weighted by Gasteiger charge is 2.55. The van der Waals surface area contributed by atoms with Crippen LogP contribution in [0.15, 0.2) is 42.5 Å². The Bertz CT molecular complexity index is 805. The van der Waals surface area contributed by atoms with Crippen molar-refractivity contribution in [3.63, 3.8) is 0 Å². The van der Waals surface area contributed by atoms with Gasteiger partial charge in [0.05, 0.1) is 6.61 Å². The average molecular weight is 390 g/mol. The summed E-state index contributed by atoms with van der Waals surface area (Å²) in [6.07, 6.45) is -5.08. The lowest BCUT2D eigenvalue weighted by molar-refractivity contribution is -0.366. The lowest BCUT2D eigenvalue weighted by atomic mass is 9.86. The molecule has 0 aliphatic carbocycles. The zero-order valence-electron chi connectivity index (χ0n) is 15.8. The number of aryl methyl sites for hydroxylation is 1. The molecule has 1 aliphatic heterocycles. The number of aliphatic hydroxyl groups is 4. The maximum Gasteiger partial charge on any atom is 0.224 e. The van der Waals surface area contributed by atoms with E-state index in [-0.39, 0.29) is 5.75 Å². The van der Waals surface area contributed by atoms with Crippen LogP contribution in [0, 0.1) is 6.92 Å². The van der Waals surface area contributed by atoms with Crippen LogP contribution in [0.5, 0.6) is 5.75 Å². The van der Waals surface area contributed by atoms with Gasteiger partial charge in [0.25, 0.3) is 0 Å². The first-order valence-corrected chi connectivity index (χ1v) is 9.08. The summed E-state index contributed by atoms with van der Waals surface area (Å²) in [7, 11) is 1.33. The summed E-state index contributed by atoms with van der Waals surface area (Å²) in [5, 5.41) is 49.9. The van der Waals surface area contributed by atoms with Gasteiger partial charge in [-0.1, -0.05) is 24.3 Å². The lowest BCUT2D eigenvalue weighted by Crippen LogP contribution is -2.64. The molecule has 0 unspecified atom stereocenters. The standard InChI is InChI=1S/C21H26O7/c1-12-3-6-15(10-14(12)9-13-4-7-16(23)8-5-13)21(27-2)20(26)19(25)18(24)17(11-22)28-21/h3-8,10,17-20,22-26H,9,11H2,1-2H3/t17-,18-,19+,20-,21+/m1/s1. The molecule has 3 rings (SSSR count). The third kappa shape index (κ3) is 3.65. The number of rotatable bonds is 5. The normalized spacial score (nSPS) is 30.4. The number of aromatic hydroxyl groups is 1. The molecule has 1 saturated heterocycles. The van der Waals surface area contributed by atoms with Gasteiger partial charge in [-0.25, -0.2) is 0 Å². The first kappa shape index (κ1) is 20.7. The highest BCUT2D eigenvalue weighted by atomic mass is 16.7. The van der Waals surface area contributed by atoms with Crippen LogP contribution in [0.25, 0.3) is 0 Å². The Labute approximate surface area is 163 Å². The van der Waals surface area contributed by atoms with Gasteiger partial charge in [0.1, 0.15) is 30.2 Å². The van der Waals surface area contributed by atoms with Gasteiger partial charge in [-0.05, 0) is 48.2 Å². The van der Waals surface area contributed by atoms with E-state index in [1.165, 1.54) is 7.11 Å². The smallest absolute Gasteiger partial charge is 0.224 e. The molecular weight excluding hydrogens is 364 g/mol. The fourth-order valence-corrected chi connectivity index (χ4v) is 3.58. The summed E-state index contributed by atoms with van der Waals surface area (Å²) in [5.74, 6) is -1.54. The van der Waals surface area contributed by atoms with Crippen molar-refractivity contribution in [2.75, 3.05) is 13.7 Å². The van der Waals surface area contributed by atoms with Crippen molar-refractivity contribution in [2.24, 2.45) is 0 Å². The molecule has 1 heterocycles. The monoisotopic (exact) mass is 390 g/mol. The molecule has 0 amide bonds. The minimum absolute atomic E-state index is 0.189. The van der Waals surface area contributed by atoms with E-state index in [1.807, 2.05) is 31.2 Å². The van der Waals surface area contributed by atoms with Crippen molar-refractivity contribution in [2.45, 2.75) is 43.5 Å². The summed E-state index contributed by atoms with van der Waals surface area (Å²) in [6.45, 7) is 1.41. The molecule has 7 heteroatoms. The number of methoxy groups -OCH3 is 1. The molecule has 2 aromatic carbocycles. The predicted octanol–water partition coefficient (Wildman–Crippen LogP) is 0.564. The SMILES string of the molecule is CO[C@@]1(c2ccc(C)c(Cc3ccc(O)cc3)c2)O[C@H](CO)[C@@H](O)[C@H](O)[C@H]1O.